The fraction of sp³-hybridized carbons (Fsp3) is 0.517. The molecule has 36 heavy (non-hydrogen) atoms. The monoisotopic (exact) mass is 499 g/mol. The molecule has 7 heteroatoms. The average Bonchev–Trinajstić information content (AvgIpc) is 2.86. The van der Waals surface area contributed by atoms with E-state index in [1.54, 1.807) is 6.92 Å². The lowest BCUT2D eigenvalue weighted by molar-refractivity contribution is -0.136. The van der Waals surface area contributed by atoms with E-state index in [2.05, 4.69) is 35.8 Å². The highest BCUT2D eigenvalue weighted by Gasteiger charge is 2.21. The third-order valence-corrected chi connectivity index (χ3v) is 5.08. The largest absolute Gasteiger partial charge is 0.481 e. The van der Waals surface area contributed by atoms with Crippen molar-refractivity contribution in [1.29, 1.82) is 0 Å². The van der Waals surface area contributed by atoms with Crippen LogP contribution in [0.15, 0.2) is 57.9 Å². The Morgan fingerprint density at radius 1 is 1.08 bits per heavy atom. The van der Waals surface area contributed by atoms with Gasteiger partial charge in [0, 0.05) is 17.8 Å². The number of aliphatic carboxylic acids is 1. The average molecular weight is 500 g/mol. The third-order valence-electron chi connectivity index (χ3n) is 5.08. The number of Topliss-reactive ketones (excluding diaryl/α,β-unsaturated/α-hetero) is 1. The van der Waals surface area contributed by atoms with E-state index in [4.69, 9.17) is 20.6 Å². The minimum Gasteiger partial charge on any atom is -0.481 e. The molecule has 200 valence electrons. The van der Waals surface area contributed by atoms with Crippen LogP contribution < -0.4 is 5.73 Å². The Bertz CT molecular complexity index is 930. The molecule has 0 saturated heterocycles. The highest BCUT2D eigenvalue weighted by atomic mass is 16.5. The quantitative estimate of drug-likeness (QED) is 0.474. The Balaban J connectivity index is 0.000000947. The molecule has 0 spiro atoms. The molecular weight excluding hydrogens is 454 g/mol. The second kappa shape index (κ2) is 18.1. The summed E-state index contributed by atoms with van der Waals surface area (Å²) in [4.78, 5) is 27.8. The van der Waals surface area contributed by atoms with E-state index in [9.17, 15) is 9.59 Å². The Morgan fingerprint density at radius 3 is 2.00 bits per heavy atom. The normalized spacial score (nSPS) is 17.4. The summed E-state index contributed by atoms with van der Waals surface area (Å²) in [6.07, 6.45) is 6.92. The third kappa shape index (κ3) is 13.0. The molecule has 0 bridgehead atoms. The first kappa shape index (κ1) is 32.8. The molecule has 3 rings (SSSR count). The molecule has 0 unspecified atom stereocenters. The zero-order valence-corrected chi connectivity index (χ0v) is 23.2. The standard InChI is InChI=1S/C21H27N3O.C3H6O2.C3H6O.C2H6/c1-14(2)23-21-20(15(3)22)24-19(13-25-21)18-11-9-17(10-12-18)16-7-5-4-6-8-16;1-2-3(4)5;1-3(2)4;1-2/h9-12,16H,1,4-8,13,22H2,2-3H3;2H2,1H3,(H,4,5);1-2H3;1-2H3/b20-15-,23-21?;;;. The van der Waals surface area contributed by atoms with E-state index < -0.39 is 5.97 Å². The van der Waals surface area contributed by atoms with Gasteiger partial charge in [0.25, 0.3) is 0 Å². The van der Waals surface area contributed by atoms with Crippen molar-refractivity contribution in [2.45, 2.75) is 92.9 Å². The summed E-state index contributed by atoms with van der Waals surface area (Å²) in [5.74, 6) is 0.587. The van der Waals surface area contributed by atoms with Crippen LogP contribution in [0.1, 0.15) is 104 Å². The Hall–Kier alpha value is -3.22. The first-order valence-electron chi connectivity index (χ1n) is 12.8. The molecule has 1 fully saturated rings. The maximum absolute atomic E-state index is 9.44. The summed E-state index contributed by atoms with van der Waals surface area (Å²) >= 11 is 0. The highest BCUT2D eigenvalue weighted by Crippen LogP contribution is 2.32. The second-order valence-corrected chi connectivity index (χ2v) is 8.64. The minimum absolute atomic E-state index is 0.167. The molecule has 1 aliphatic carbocycles. The van der Waals surface area contributed by atoms with Crippen LogP contribution >= 0.6 is 0 Å². The Kier molecular flexibility index (Phi) is 16.5. The first-order chi connectivity index (χ1) is 17.0. The van der Waals surface area contributed by atoms with E-state index in [1.807, 2.05) is 27.7 Å². The number of nitrogens with two attached hydrogens (primary N) is 1. The van der Waals surface area contributed by atoms with Crippen molar-refractivity contribution in [3.05, 3.63) is 59.1 Å². The summed E-state index contributed by atoms with van der Waals surface area (Å²) in [6.45, 7) is 16.5. The van der Waals surface area contributed by atoms with Crippen LogP contribution in [0.3, 0.4) is 0 Å². The number of carbonyl (C=O) groups is 2. The van der Waals surface area contributed by atoms with Crippen LogP contribution in [0, 0.1) is 0 Å². The van der Waals surface area contributed by atoms with Crippen LogP contribution in [0.2, 0.25) is 0 Å². The fourth-order valence-electron chi connectivity index (χ4n) is 3.47. The number of nitrogens with zero attached hydrogens (tertiary/aromatic N) is 2. The number of allylic oxidation sites excluding steroid dienone is 2. The number of carboxylic acids is 1. The van der Waals surface area contributed by atoms with Gasteiger partial charge in [0.15, 0.2) is 0 Å². The molecule has 0 aromatic heterocycles. The molecule has 0 atom stereocenters. The highest BCUT2D eigenvalue weighted by molar-refractivity contribution is 6.09. The van der Waals surface area contributed by atoms with Crippen LogP contribution in [0.5, 0.6) is 0 Å². The molecule has 1 heterocycles. The predicted octanol–water partition coefficient (Wildman–Crippen LogP) is 6.78. The van der Waals surface area contributed by atoms with Crippen LogP contribution in [0.4, 0.5) is 0 Å². The van der Waals surface area contributed by atoms with Gasteiger partial charge in [-0.15, -0.1) is 0 Å². The number of ether oxygens (including phenoxy) is 1. The van der Waals surface area contributed by atoms with E-state index in [-0.39, 0.29) is 12.2 Å². The zero-order valence-electron chi connectivity index (χ0n) is 23.2. The predicted molar refractivity (Wildman–Crippen MR) is 150 cm³/mol. The van der Waals surface area contributed by atoms with Crippen LogP contribution in [-0.2, 0) is 14.3 Å². The van der Waals surface area contributed by atoms with Crippen molar-refractivity contribution in [2.75, 3.05) is 6.61 Å². The summed E-state index contributed by atoms with van der Waals surface area (Å²) < 4.78 is 5.80. The molecule has 0 radical (unpaired) electrons. The number of rotatable bonds is 4. The summed E-state index contributed by atoms with van der Waals surface area (Å²) in [6, 6.07) is 8.78. The molecular formula is C29H45N3O4. The van der Waals surface area contributed by atoms with Crippen LogP contribution in [0.25, 0.3) is 0 Å². The molecule has 3 N–H and O–H groups in total. The molecule has 2 aliphatic rings. The number of carbonyl (C=O) groups excluding carboxylic acids is 1. The van der Waals surface area contributed by atoms with E-state index in [0.717, 1.165) is 11.3 Å². The fourth-order valence-corrected chi connectivity index (χ4v) is 3.47. The van der Waals surface area contributed by atoms with Gasteiger partial charge < -0.3 is 20.4 Å². The van der Waals surface area contributed by atoms with E-state index in [1.165, 1.54) is 51.5 Å². The maximum Gasteiger partial charge on any atom is 0.303 e. The van der Waals surface area contributed by atoms with Gasteiger partial charge in [0.05, 0.1) is 5.71 Å². The molecule has 1 aromatic rings. The van der Waals surface area contributed by atoms with E-state index in [0.29, 0.717) is 35.5 Å². The first-order valence-corrected chi connectivity index (χ1v) is 12.8. The van der Waals surface area contributed by atoms with Gasteiger partial charge in [-0.2, -0.15) is 0 Å². The van der Waals surface area contributed by atoms with Gasteiger partial charge in [-0.05, 0) is 57.6 Å². The summed E-state index contributed by atoms with van der Waals surface area (Å²) in [5.41, 5.74) is 11.2. The van der Waals surface area contributed by atoms with Crippen molar-refractivity contribution < 1.29 is 19.4 Å². The number of hydrogen-bond donors (Lipinski definition) is 2. The smallest absolute Gasteiger partial charge is 0.303 e. The van der Waals surface area contributed by atoms with Crippen molar-refractivity contribution in [3.63, 3.8) is 0 Å². The Morgan fingerprint density at radius 2 is 1.58 bits per heavy atom. The molecule has 0 amide bonds. The van der Waals surface area contributed by atoms with Gasteiger partial charge in [0.1, 0.15) is 18.1 Å². The molecule has 7 nitrogen and oxygen atoms in total. The van der Waals surface area contributed by atoms with E-state index >= 15 is 0 Å². The van der Waals surface area contributed by atoms with Crippen molar-refractivity contribution in [3.8, 4) is 0 Å². The lowest BCUT2D eigenvalue weighted by Crippen LogP contribution is -2.24. The number of hydrogen-bond acceptors (Lipinski definition) is 6. The van der Waals surface area contributed by atoms with Gasteiger partial charge in [-0.25, -0.2) is 9.98 Å². The second-order valence-electron chi connectivity index (χ2n) is 8.64. The van der Waals surface area contributed by atoms with Gasteiger partial charge in [0.2, 0.25) is 5.90 Å². The zero-order chi connectivity index (χ0) is 27.7. The van der Waals surface area contributed by atoms with Gasteiger partial charge >= 0.3 is 5.97 Å². The van der Waals surface area contributed by atoms with Gasteiger partial charge in [-0.1, -0.05) is 70.9 Å². The Labute approximate surface area is 217 Å². The molecule has 1 saturated carbocycles. The maximum atomic E-state index is 9.44. The topological polar surface area (TPSA) is 114 Å². The SMILES string of the molecule is C=C(C)N=C1OCC(c2ccc(C3CCCCC3)cc2)=N/C1=C(/C)N.CC.CC(C)=O.CCC(=O)O. The number of ketones is 1. The van der Waals surface area contributed by atoms with Crippen molar-refractivity contribution in [2.24, 2.45) is 15.7 Å². The number of aliphatic imine (C=N–C) groups is 2. The van der Waals surface area contributed by atoms with Crippen LogP contribution in [-0.4, -0.2) is 35.1 Å². The molecule has 1 aromatic carbocycles. The summed E-state index contributed by atoms with van der Waals surface area (Å²) in [5, 5.41) is 7.72. The lowest BCUT2D eigenvalue weighted by atomic mass is 9.84. The summed E-state index contributed by atoms with van der Waals surface area (Å²) in [7, 11) is 0. The lowest BCUT2D eigenvalue weighted by Gasteiger charge is -2.23. The van der Waals surface area contributed by atoms with Crippen molar-refractivity contribution in [1.82, 2.24) is 0 Å². The number of carboxylic acid groups (broad SMARTS) is 1. The minimum atomic E-state index is -0.745. The molecule has 1 aliphatic heterocycles. The van der Waals surface area contributed by atoms with Gasteiger partial charge in [-0.3, -0.25) is 4.79 Å². The van der Waals surface area contributed by atoms with Crippen molar-refractivity contribution >= 4 is 23.4 Å². The number of benzene rings is 1.